The van der Waals surface area contributed by atoms with E-state index in [0.717, 1.165) is 24.2 Å². The first-order chi connectivity index (χ1) is 13.7. The smallest absolute Gasteiger partial charge is 0.343 e. The summed E-state index contributed by atoms with van der Waals surface area (Å²) in [6.07, 6.45) is 5.96. The van der Waals surface area contributed by atoms with Gasteiger partial charge in [0.1, 0.15) is 5.58 Å². The molecule has 1 heterocycles. The van der Waals surface area contributed by atoms with Crippen LogP contribution >= 0.6 is 0 Å². The molecule has 0 saturated heterocycles. The van der Waals surface area contributed by atoms with Crippen LogP contribution in [0.15, 0.2) is 62.3 Å². The SMILES string of the molecule is CCN(CC)c1ccc2cc(/C=C/C(=C/C=C(\C)S(=O)(=O)O)NC)c(=O)oc2c1. The Morgan fingerprint density at radius 1 is 1.21 bits per heavy atom. The highest BCUT2D eigenvalue weighted by atomic mass is 32.2. The van der Waals surface area contributed by atoms with Gasteiger partial charge in [-0.25, -0.2) is 4.79 Å². The summed E-state index contributed by atoms with van der Waals surface area (Å²) in [4.78, 5) is 14.3. The molecule has 1 aromatic carbocycles. The Morgan fingerprint density at radius 3 is 2.48 bits per heavy atom. The molecular formula is C21H26N2O5S. The quantitative estimate of drug-likeness (QED) is 0.384. The summed E-state index contributed by atoms with van der Waals surface area (Å²) in [6.45, 7) is 7.14. The Bertz CT molecular complexity index is 1120. The van der Waals surface area contributed by atoms with Gasteiger partial charge in [0.05, 0.1) is 10.5 Å². The highest BCUT2D eigenvalue weighted by Crippen LogP contribution is 2.22. The Balaban J connectivity index is 2.37. The van der Waals surface area contributed by atoms with Crippen molar-refractivity contribution in [1.82, 2.24) is 5.32 Å². The summed E-state index contributed by atoms with van der Waals surface area (Å²) in [6, 6.07) is 7.51. The molecule has 0 spiro atoms. The van der Waals surface area contributed by atoms with Gasteiger partial charge in [-0.15, -0.1) is 0 Å². The fourth-order valence-corrected chi connectivity index (χ4v) is 2.95. The minimum Gasteiger partial charge on any atom is -0.422 e. The summed E-state index contributed by atoms with van der Waals surface area (Å²) in [7, 11) is -2.57. The lowest BCUT2D eigenvalue weighted by atomic mass is 10.1. The zero-order valence-electron chi connectivity index (χ0n) is 17.0. The normalized spacial score (nSPS) is 13.3. The maximum Gasteiger partial charge on any atom is 0.343 e. The first-order valence-electron chi connectivity index (χ1n) is 9.24. The highest BCUT2D eigenvalue weighted by Gasteiger charge is 2.08. The van der Waals surface area contributed by atoms with Gasteiger partial charge in [-0.2, -0.15) is 8.42 Å². The zero-order chi connectivity index (χ0) is 21.6. The predicted molar refractivity (Wildman–Crippen MR) is 118 cm³/mol. The first-order valence-corrected chi connectivity index (χ1v) is 10.7. The number of hydrogen-bond acceptors (Lipinski definition) is 6. The van der Waals surface area contributed by atoms with E-state index in [1.54, 1.807) is 25.3 Å². The minimum atomic E-state index is -4.22. The lowest BCUT2D eigenvalue weighted by molar-refractivity contribution is 0.491. The van der Waals surface area contributed by atoms with E-state index in [9.17, 15) is 13.2 Å². The predicted octanol–water partition coefficient (Wildman–Crippen LogP) is 3.55. The van der Waals surface area contributed by atoms with Gasteiger partial charge in [0.15, 0.2) is 0 Å². The van der Waals surface area contributed by atoms with Crippen molar-refractivity contribution in [2.75, 3.05) is 25.0 Å². The van der Waals surface area contributed by atoms with Crippen molar-refractivity contribution in [2.45, 2.75) is 20.8 Å². The van der Waals surface area contributed by atoms with Crippen LogP contribution in [0.4, 0.5) is 5.69 Å². The standard InChI is InChI=1S/C21H26N2O5S/c1-5-23(6-2)19-12-9-16-13-17(21(24)28-20(16)14-19)8-11-18(22-4)10-7-15(3)29(25,26)27/h7-14,22H,5-6H2,1-4H3,(H,25,26,27)/b11-8+,15-7+,18-10-. The van der Waals surface area contributed by atoms with Crippen molar-refractivity contribution in [3.8, 4) is 0 Å². The average Bonchev–Trinajstić information content (AvgIpc) is 2.68. The van der Waals surface area contributed by atoms with E-state index < -0.39 is 15.7 Å². The number of likely N-dealkylation sites (N-methyl/N-ethyl adjacent to an activating group) is 1. The maximum absolute atomic E-state index is 12.4. The van der Waals surface area contributed by atoms with E-state index in [1.807, 2.05) is 18.2 Å². The van der Waals surface area contributed by atoms with Crippen LogP contribution in [-0.4, -0.2) is 33.1 Å². The molecule has 0 fully saturated rings. The molecule has 2 aromatic rings. The molecule has 2 N–H and O–H groups in total. The molecule has 0 aliphatic heterocycles. The van der Waals surface area contributed by atoms with Gasteiger partial charge >= 0.3 is 5.63 Å². The Labute approximate surface area is 170 Å². The van der Waals surface area contributed by atoms with Crippen LogP contribution in [0.25, 0.3) is 17.0 Å². The second-order valence-corrected chi connectivity index (χ2v) is 7.94. The summed E-state index contributed by atoms with van der Waals surface area (Å²) >= 11 is 0. The number of nitrogens with zero attached hydrogens (tertiary/aromatic N) is 1. The molecule has 0 amide bonds. The highest BCUT2D eigenvalue weighted by molar-refractivity contribution is 7.89. The number of fused-ring (bicyclic) bond motifs is 1. The topological polar surface area (TPSA) is 99.9 Å². The van der Waals surface area contributed by atoms with Crippen LogP contribution in [0, 0.1) is 0 Å². The Hall–Kier alpha value is -2.84. The maximum atomic E-state index is 12.4. The minimum absolute atomic E-state index is 0.187. The summed E-state index contributed by atoms with van der Waals surface area (Å²) < 4.78 is 36.6. The van der Waals surface area contributed by atoms with Crippen LogP contribution in [-0.2, 0) is 10.1 Å². The number of hydrogen-bond donors (Lipinski definition) is 2. The lowest BCUT2D eigenvalue weighted by Crippen LogP contribution is -2.21. The second-order valence-electron chi connectivity index (χ2n) is 6.34. The van der Waals surface area contributed by atoms with Gasteiger partial charge in [0, 0.05) is 43.0 Å². The molecule has 0 atom stereocenters. The second kappa shape index (κ2) is 9.58. The van der Waals surface area contributed by atoms with Crippen molar-refractivity contribution in [3.63, 3.8) is 0 Å². The van der Waals surface area contributed by atoms with E-state index in [2.05, 4.69) is 24.1 Å². The summed E-state index contributed by atoms with van der Waals surface area (Å²) in [5.74, 6) is 0. The number of allylic oxidation sites excluding steroid dienone is 4. The van der Waals surface area contributed by atoms with Crippen molar-refractivity contribution in [3.05, 3.63) is 69.1 Å². The summed E-state index contributed by atoms with van der Waals surface area (Å²) in [5.41, 5.74) is 1.96. The third-order valence-electron chi connectivity index (χ3n) is 4.51. The molecule has 0 radical (unpaired) electrons. The molecule has 1 aromatic heterocycles. The van der Waals surface area contributed by atoms with E-state index in [4.69, 9.17) is 8.97 Å². The van der Waals surface area contributed by atoms with Gasteiger partial charge < -0.3 is 14.6 Å². The number of rotatable bonds is 8. The lowest BCUT2D eigenvalue weighted by Gasteiger charge is -2.20. The van der Waals surface area contributed by atoms with E-state index in [-0.39, 0.29) is 4.91 Å². The van der Waals surface area contributed by atoms with Crippen LogP contribution in [0.3, 0.4) is 0 Å². The molecule has 8 heteroatoms. The molecule has 2 rings (SSSR count). The van der Waals surface area contributed by atoms with Crippen molar-refractivity contribution in [1.29, 1.82) is 0 Å². The van der Waals surface area contributed by atoms with Crippen molar-refractivity contribution < 1.29 is 17.4 Å². The Kier molecular flexibility index (Phi) is 7.41. The van der Waals surface area contributed by atoms with Gasteiger partial charge in [0.2, 0.25) is 0 Å². The number of benzene rings is 1. The third-order valence-corrected chi connectivity index (χ3v) is 5.46. The van der Waals surface area contributed by atoms with Gasteiger partial charge in [-0.1, -0.05) is 0 Å². The van der Waals surface area contributed by atoms with E-state index in [1.165, 1.54) is 19.1 Å². The molecule has 0 aliphatic rings. The van der Waals surface area contributed by atoms with Crippen LogP contribution in [0.2, 0.25) is 0 Å². The van der Waals surface area contributed by atoms with E-state index >= 15 is 0 Å². The molecule has 29 heavy (non-hydrogen) atoms. The zero-order valence-corrected chi connectivity index (χ0v) is 17.8. The third kappa shape index (κ3) is 5.82. The fraction of sp³-hybridized carbons (Fsp3) is 0.286. The van der Waals surface area contributed by atoms with Gasteiger partial charge in [-0.3, -0.25) is 4.55 Å². The summed E-state index contributed by atoms with van der Waals surface area (Å²) in [5, 5.41) is 3.69. The molecule has 0 bridgehead atoms. The molecule has 156 valence electrons. The number of anilines is 1. The largest absolute Gasteiger partial charge is 0.422 e. The molecule has 0 aliphatic carbocycles. The molecule has 0 unspecified atom stereocenters. The number of nitrogens with one attached hydrogen (secondary N) is 1. The average molecular weight is 419 g/mol. The van der Waals surface area contributed by atoms with Crippen LogP contribution < -0.4 is 15.8 Å². The molecular weight excluding hydrogens is 392 g/mol. The van der Waals surface area contributed by atoms with Crippen LogP contribution in [0.5, 0.6) is 0 Å². The first kappa shape index (κ1) is 22.4. The fourth-order valence-electron chi connectivity index (χ4n) is 2.71. The van der Waals surface area contributed by atoms with E-state index in [0.29, 0.717) is 16.8 Å². The van der Waals surface area contributed by atoms with Crippen molar-refractivity contribution in [2.24, 2.45) is 0 Å². The van der Waals surface area contributed by atoms with Crippen molar-refractivity contribution >= 4 is 32.9 Å². The van der Waals surface area contributed by atoms with Gasteiger partial charge in [0.25, 0.3) is 10.1 Å². The van der Waals surface area contributed by atoms with Crippen LogP contribution in [0.1, 0.15) is 26.3 Å². The molecule has 7 nitrogen and oxygen atoms in total. The Morgan fingerprint density at radius 2 is 1.90 bits per heavy atom. The molecule has 0 saturated carbocycles. The van der Waals surface area contributed by atoms with Gasteiger partial charge in [-0.05, 0) is 63.3 Å². The monoisotopic (exact) mass is 418 g/mol.